The van der Waals surface area contributed by atoms with Crippen molar-refractivity contribution in [1.29, 1.82) is 0 Å². The summed E-state index contributed by atoms with van der Waals surface area (Å²) in [6.45, 7) is 2.94. The van der Waals surface area contributed by atoms with E-state index in [0.29, 0.717) is 29.7 Å². The summed E-state index contributed by atoms with van der Waals surface area (Å²) in [5.41, 5.74) is 1.00. The quantitative estimate of drug-likeness (QED) is 0.737. The third kappa shape index (κ3) is 3.73. The summed E-state index contributed by atoms with van der Waals surface area (Å²) in [4.78, 5) is 15.5. The van der Waals surface area contributed by atoms with Crippen molar-refractivity contribution in [2.75, 3.05) is 20.7 Å². The van der Waals surface area contributed by atoms with E-state index >= 15 is 0 Å². The van der Waals surface area contributed by atoms with Gasteiger partial charge in [-0.1, -0.05) is 31.9 Å². The molecule has 1 saturated carbocycles. The second-order valence-corrected chi connectivity index (χ2v) is 10.1. The number of piperidine rings is 1. The largest absolute Gasteiger partial charge is 0.497 e. The van der Waals surface area contributed by atoms with E-state index in [0.717, 1.165) is 30.0 Å². The Morgan fingerprint density at radius 1 is 1.20 bits per heavy atom. The highest BCUT2D eigenvalue weighted by atomic mass is 32.2. The minimum atomic E-state index is -3.99. The maximum atomic E-state index is 13.6. The van der Waals surface area contributed by atoms with Gasteiger partial charge in [0, 0.05) is 25.2 Å². The molecule has 30 heavy (non-hydrogen) atoms. The topological polar surface area (TPSA) is 79.3 Å². The van der Waals surface area contributed by atoms with Crippen LogP contribution in [0.2, 0.25) is 0 Å². The zero-order chi connectivity index (χ0) is 21.5. The number of nitrogens with zero attached hydrogens (tertiary/aromatic N) is 3. The highest BCUT2D eigenvalue weighted by Gasteiger charge is 2.42. The number of likely N-dealkylation sites (N-methyl/N-ethyl adjacent to an activating group) is 1. The Hall–Kier alpha value is -2.35. The number of rotatable bonds is 3. The molecule has 2 heterocycles. The van der Waals surface area contributed by atoms with E-state index in [1.807, 2.05) is 4.90 Å². The van der Waals surface area contributed by atoms with Crippen molar-refractivity contribution in [3.8, 4) is 5.75 Å². The molecule has 3 aliphatic rings. The van der Waals surface area contributed by atoms with Gasteiger partial charge in [0.2, 0.25) is 0 Å². The Morgan fingerprint density at radius 3 is 2.73 bits per heavy atom. The molecule has 7 nitrogen and oxygen atoms in total. The predicted octanol–water partition coefficient (Wildman–Crippen LogP) is 2.99. The summed E-state index contributed by atoms with van der Waals surface area (Å²) < 4.78 is 35.7. The summed E-state index contributed by atoms with van der Waals surface area (Å²) in [5, 5.41) is 0. The first-order chi connectivity index (χ1) is 14.3. The lowest BCUT2D eigenvalue weighted by Crippen LogP contribution is -2.54. The number of fused-ring (bicyclic) bond motifs is 1. The van der Waals surface area contributed by atoms with Gasteiger partial charge in [0.15, 0.2) is 0 Å². The molecule has 1 aromatic rings. The van der Waals surface area contributed by atoms with Crippen molar-refractivity contribution in [3.63, 3.8) is 0 Å². The molecule has 0 bridgehead atoms. The number of methoxy groups -OCH3 is 1. The molecule has 1 aliphatic carbocycles. The average molecular weight is 432 g/mol. The minimum absolute atomic E-state index is 0.154. The zero-order valence-corrected chi connectivity index (χ0v) is 18.6. The Balaban J connectivity index is 1.70. The maximum Gasteiger partial charge on any atom is 0.345 e. The van der Waals surface area contributed by atoms with Crippen LogP contribution in [-0.4, -0.2) is 56.0 Å². The molecule has 162 valence electrons. The number of benzene rings is 1. The molecule has 2 aliphatic heterocycles. The fraction of sp³-hybridized carbons (Fsp3) is 0.545. The Labute approximate surface area is 178 Å². The second kappa shape index (κ2) is 8.06. The Kier molecular flexibility index (Phi) is 5.61. The first-order valence-electron chi connectivity index (χ1n) is 10.6. The van der Waals surface area contributed by atoms with Crippen LogP contribution in [-0.2, 0) is 15.0 Å². The first kappa shape index (κ1) is 20.9. The maximum absolute atomic E-state index is 13.6. The van der Waals surface area contributed by atoms with Crippen LogP contribution in [0.15, 0.2) is 40.4 Å². The molecule has 0 radical (unpaired) electrons. The number of carbonyl (C=O) groups excluding carboxylic acids is 1. The van der Waals surface area contributed by atoms with E-state index in [4.69, 9.17) is 4.74 Å². The van der Waals surface area contributed by atoms with Crippen LogP contribution < -0.4 is 4.74 Å². The molecular weight excluding hydrogens is 402 g/mol. The van der Waals surface area contributed by atoms with Crippen molar-refractivity contribution in [3.05, 3.63) is 41.6 Å². The normalized spacial score (nSPS) is 28.3. The van der Waals surface area contributed by atoms with Crippen molar-refractivity contribution in [2.24, 2.45) is 16.2 Å². The van der Waals surface area contributed by atoms with Gasteiger partial charge in [0.25, 0.3) is 5.91 Å². The standard InChI is InChI=1S/C22H29N3O4S/c1-15-11-12-25(20-10-5-4-9-18(15)20)22(26)21-14-19(23-30(27,28)24(21)2)16-7-6-8-17(13-16)29-3/h6-8,13-15,18,20H,4-5,9-12H2,1-3H3/t15-,18+,20-/m0/s1. The highest BCUT2D eigenvalue weighted by molar-refractivity contribution is 7.88. The van der Waals surface area contributed by atoms with Crippen LogP contribution in [0.4, 0.5) is 0 Å². The molecular formula is C22H29N3O4S. The molecule has 0 spiro atoms. The van der Waals surface area contributed by atoms with Gasteiger partial charge in [-0.15, -0.1) is 4.40 Å². The van der Waals surface area contributed by atoms with Crippen LogP contribution in [0, 0.1) is 11.8 Å². The summed E-state index contributed by atoms with van der Waals surface area (Å²) >= 11 is 0. The zero-order valence-electron chi connectivity index (χ0n) is 17.7. The van der Waals surface area contributed by atoms with Gasteiger partial charge in [-0.05, 0) is 49.3 Å². The first-order valence-corrected chi connectivity index (χ1v) is 12.0. The lowest BCUT2D eigenvalue weighted by atomic mass is 9.72. The van der Waals surface area contributed by atoms with Crippen molar-refractivity contribution < 1.29 is 17.9 Å². The van der Waals surface area contributed by atoms with Gasteiger partial charge < -0.3 is 9.64 Å². The predicted molar refractivity (Wildman–Crippen MR) is 116 cm³/mol. The van der Waals surface area contributed by atoms with E-state index < -0.39 is 10.2 Å². The molecule has 1 amide bonds. The summed E-state index contributed by atoms with van der Waals surface area (Å²) in [6.07, 6.45) is 6.99. The van der Waals surface area contributed by atoms with Gasteiger partial charge in [-0.3, -0.25) is 4.79 Å². The Bertz CT molecular complexity index is 1000. The monoisotopic (exact) mass is 431 g/mol. The summed E-state index contributed by atoms with van der Waals surface area (Å²) in [6, 6.07) is 7.22. The van der Waals surface area contributed by atoms with Gasteiger partial charge >= 0.3 is 10.2 Å². The van der Waals surface area contributed by atoms with Crippen LogP contribution >= 0.6 is 0 Å². The molecule has 0 aromatic heterocycles. The molecule has 0 N–H and O–H groups in total. The van der Waals surface area contributed by atoms with Gasteiger partial charge in [-0.25, -0.2) is 4.31 Å². The fourth-order valence-electron chi connectivity index (χ4n) is 4.98. The van der Waals surface area contributed by atoms with E-state index in [-0.39, 0.29) is 23.4 Å². The Morgan fingerprint density at radius 2 is 1.97 bits per heavy atom. The lowest BCUT2D eigenvalue weighted by molar-refractivity contribution is -0.135. The van der Waals surface area contributed by atoms with Crippen LogP contribution in [0.25, 0.3) is 0 Å². The molecule has 4 rings (SSSR count). The number of allylic oxidation sites excluding steroid dienone is 1. The summed E-state index contributed by atoms with van der Waals surface area (Å²) in [7, 11) is -1.04. The number of hydrogen-bond donors (Lipinski definition) is 0. The number of likely N-dealkylation sites (tertiary alicyclic amines) is 1. The SMILES string of the molecule is COc1cccc(C2=NS(=O)(=O)N(C)C(C(=O)N3CC[C@H](C)[C@H]4CCCC[C@@H]43)=C2)c1. The van der Waals surface area contributed by atoms with E-state index in [1.165, 1.54) is 13.5 Å². The molecule has 0 unspecified atom stereocenters. The van der Waals surface area contributed by atoms with Crippen molar-refractivity contribution in [1.82, 2.24) is 9.21 Å². The van der Waals surface area contributed by atoms with E-state index in [1.54, 1.807) is 37.5 Å². The number of hydrogen-bond acceptors (Lipinski definition) is 4. The third-order valence-corrected chi connectivity index (χ3v) is 8.07. The number of ether oxygens (including phenoxy) is 1. The molecule has 1 saturated heterocycles. The fourth-order valence-corrected chi connectivity index (χ4v) is 5.89. The highest BCUT2D eigenvalue weighted by Crippen LogP contribution is 2.39. The van der Waals surface area contributed by atoms with Crippen LogP contribution in [0.5, 0.6) is 5.75 Å². The van der Waals surface area contributed by atoms with Crippen LogP contribution in [0.3, 0.4) is 0 Å². The molecule has 8 heteroatoms. The van der Waals surface area contributed by atoms with Crippen molar-refractivity contribution >= 4 is 21.8 Å². The second-order valence-electron chi connectivity index (χ2n) is 8.46. The third-order valence-electron chi connectivity index (χ3n) is 6.76. The number of amides is 1. The minimum Gasteiger partial charge on any atom is -0.497 e. The average Bonchev–Trinajstić information content (AvgIpc) is 2.75. The van der Waals surface area contributed by atoms with Crippen LogP contribution in [0.1, 0.15) is 44.6 Å². The molecule has 1 aromatic carbocycles. The molecule has 2 fully saturated rings. The lowest BCUT2D eigenvalue weighted by Gasteiger charge is -2.47. The molecule has 3 atom stereocenters. The smallest absolute Gasteiger partial charge is 0.345 e. The van der Waals surface area contributed by atoms with Gasteiger partial charge in [0.1, 0.15) is 11.4 Å². The summed E-state index contributed by atoms with van der Waals surface area (Å²) in [5.74, 6) is 1.46. The van der Waals surface area contributed by atoms with Gasteiger partial charge in [0.05, 0.1) is 12.8 Å². The van der Waals surface area contributed by atoms with Gasteiger partial charge in [-0.2, -0.15) is 8.42 Å². The van der Waals surface area contributed by atoms with E-state index in [2.05, 4.69) is 11.3 Å². The van der Waals surface area contributed by atoms with E-state index in [9.17, 15) is 13.2 Å². The van der Waals surface area contributed by atoms with Crippen molar-refractivity contribution in [2.45, 2.75) is 45.1 Å². The number of carbonyl (C=O) groups is 1.